The largest absolute Gasteiger partial charge is 0.395 e. The molecule has 5 heterocycles. The van der Waals surface area contributed by atoms with Crippen LogP contribution in [0.2, 0.25) is 0 Å². The molecule has 284 valence electrons. The van der Waals surface area contributed by atoms with E-state index in [1.54, 1.807) is 0 Å². The van der Waals surface area contributed by atoms with Crippen LogP contribution < -0.4 is 16.6 Å². The van der Waals surface area contributed by atoms with Crippen LogP contribution in [-0.2, 0) is 11.3 Å². The smallest absolute Gasteiger partial charge is 0.337 e. The van der Waals surface area contributed by atoms with Crippen LogP contribution in [0, 0.1) is 5.82 Å². The number of rotatable bonds is 9. The second kappa shape index (κ2) is 15.9. The Morgan fingerprint density at radius 1 is 0.889 bits per heavy atom. The summed E-state index contributed by atoms with van der Waals surface area (Å²) < 4.78 is 17.3. The molecule has 1 aliphatic carbocycles. The Morgan fingerprint density at radius 2 is 1.69 bits per heavy atom. The summed E-state index contributed by atoms with van der Waals surface area (Å²) in [4.78, 5) is 57.4. The van der Waals surface area contributed by atoms with E-state index >= 15 is 0 Å². The number of nitrogens with zero attached hydrogens (tertiary/aromatic N) is 7. The molecule has 1 saturated carbocycles. The average Bonchev–Trinajstić information content (AvgIpc) is 3.51. The van der Waals surface area contributed by atoms with Gasteiger partial charge < -0.3 is 15.3 Å². The van der Waals surface area contributed by atoms with Gasteiger partial charge in [-0.25, -0.2) is 18.7 Å². The maximum Gasteiger partial charge on any atom is 0.337 e. The molecule has 1 unspecified atom stereocenters. The molecule has 2 aromatic carbocycles. The third kappa shape index (κ3) is 7.62. The van der Waals surface area contributed by atoms with Crippen molar-refractivity contribution < 1.29 is 14.3 Å². The molecule has 13 heteroatoms. The van der Waals surface area contributed by atoms with Gasteiger partial charge in [0.25, 0.3) is 5.56 Å². The van der Waals surface area contributed by atoms with Crippen molar-refractivity contribution in [3.05, 3.63) is 93.0 Å². The molecule has 4 aliphatic rings. The van der Waals surface area contributed by atoms with Crippen molar-refractivity contribution in [3.63, 3.8) is 0 Å². The monoisotopic (exact) mass is 736 g/mol. The molecule has 2 aromatic heterocycles. The summed E-state index contributed by atoms with van der Waals surface area (Å²) in [5.74, 6) is 0.328. The lowest BCUT2D eigenvalue weighted by atomic mass is 9.90. The van der Waals surface area contributed by atoms with Crippen molar-refractivity contribution in [1.29, 1.82) is 0 Å². The number of aromatic nitrogens is 3. The lowest BCUT2D eigenvalue weighted by Gasteiger charge is -2.31. The third-order valence-corrected chi connectivity index (χ3v) is 11.6. The van der Waals surface area contributed by atoms with Gasteiger partial charge >= 0.3 is 5.69 Å². The molecule has 1 atom stereocenters. The number of nitrogens with one attached hydrogen (secondary N) is 1. The lowest BCUT2D eigenvalue weighted by molar-refractivity contribution is -0.123. The predicted octanol–water partition coefficient (Wildman–Crippen LogP) is 3.72. The standard InChI is InChI=1S/C41H49FN8O4/c42-31-24-35-38(43-25-31)49(34-6-3-5-30(23-34)29-10-8-28(9-11-29)26-47-17-4-16-46(19-20-47)21-22-51)41(54)50(40(35)53)33-14-12-32(13-15-33)44-39(52)36-27-48-18-2-1-7-37(48)45-36/h3,5-6,8-11,23-25,32-33,36,51H,1-2,4,7,12-22,26-27H2,(H,44,52). The van der Waals surface area contributed by atoms with E-state index in [0.717, 1.165) is 101 Å². The number of aliphatic hydroxyl groups excluding tert-OH is 1. The first kappa shape index (κ1) is 36.3. The Kier molecular flexibility index (Phi) is 10.7. The minimum atomic E-state index is -0.647. The van der Waals surface area contributed by atoms with Crippen molar-refractivity contribution in [2.45, 2.75) is 76.0 Å². The van der Waals surface area contributed by atoms with Crippen LogP contribution in [0.3, 0.4) is 0 Å². The zero-order valence-corrected chi connectivity index (χ0v) is 30.7. The molecule has 0 radical (unpaired) electrons. The summed E-state index contributed by atoms with van der Waals surface area (Å²) in [6.45, 7) is 7.26. The molecular weight excluding hydrogens is 688 g/mol. The van der Waals surface area contributed by atoms with Crippen molar-refractivity contribution in [3.8, 4) is 16.8 Å². The van der Waals surface area contributed by atoms with Gasteiger partial charge in [0.05, 0.1) is 30.4 Å². The van der Waals surface area contributed by atoms with Crippen LogP contribution in [0.15, 0.2) is 75.4 Å². The number of amidine groups is 1. The van der Waals surface area contributed by atoms with Gasteiger partial charge in [-0.05, 0) is 92.9 Å². The average molecular weight is 737 g/mol. The molecule has 8 rings (SSSR count). The van der Waals surface area contributed by atoms with Gasteiger partial charge in [0, 0.05) is 51.2 Å². The number of halogens is 1. The number of carbonyl (C=O) groups is 1. The molecule has 54 heavy (non-hydrogen) atoms. The minimum absolute atomic E-state index is 0.0459. The summed E-state index contributed by atoms with van der Waals surface area (Å²) >= 11 is 0. The number of fused-ring (bicyclic) bond motifs is 2. The second-order valence-corrected chi connectivity index (χ2v) is 15.2. The van der Waals surface area contributed by atoms with Crippen LogP contribution in [-0.4, -0.2) is 110 Å². The lowest BCUT2D eigenvalue weighted by Crippen LogP contribution is -2.47. The summed E-state index contributed by atoms with van der Waals surface area (Å²) in [7, 11) is 0. The summed E-state index contributed by atoms with van der Waals surface area (Å²) in [6, 6.07) is 16.3. The molecule has 2 N–H and O–H groups in total. The van der Waals surface area contributed by atoms with E-state index in [1.165, 1.54) is 14.7 Å². The highest BCUT2D eigenvalue weighted by Crippen LogP contribution is 2.29. The van der Waals surface area contributed by atoms with Gasteiger partial charge in [-0.1, -0.05) is 36.4 Å². The quantitative estimate of drug-likeness (QED) is 0.266. The van der Waals surface area contributed by atoms with E-state index in [2.05, 4.69) is 49.3 Å². The molecule has 2 saturated heterocycles. The highest BCUT2D eigenvalue weighted by atomic mass is 19.1. The van der Waals surface area contributed by atoms with E-state index in [0.29, 0.717) is 37.9 Å². The van der Waals surface area contributed by atoms with Crippen molar-refractivity contribution in [2.75, 3.05) is 52.4 Å². The molecule has 3 aliphatic heterocycles. The van der Waals surface area contributed by atoms with E-state index in [4.69, 9.17) is 4.99 Å². The number of benzene rings is 2. The zero-order valence-electron chi connectivity index (χ0n) is 30.7. The van der Waals surface area contributed by atoms with Crippen molar-refractivity contribution in [1.82, 2.24) is 34.1 Å². The van der Waals surface area contributed by atoms with E-state index in [9.17, 15) is 23.9 Å². The normalized spacial score (nSPS) is 22.5. The highest BCUT2D eigenvalue weighted by molar-refractivity contribution is 5.92. The van der Waals surface area contributed by atoms with Gasteiger partial charge in [-0.15, -0.1) is 0 Å². The fraction of sp³-hybridized carbons (Fsp3) is 0.488. The first-order chi connectivity index (χ1) is 26.3. The Balaban J connectivity index is 1.01. The number of amides is 1. The Labute approximate surface area is 313 Å². The van der Waals surface area contributed by atoms with Gasteiger partial charge in [0.15, 0.2) is 5.65 Å². The summed E-state index contributed by atoms with van der Waals surface area (Å²) in [5, 5.41) is 12.6. The fourth-order valence-corrected chi connectivity index (χ4v) is 8.73. The van der Waals surface area contributed by atoms with E-state index in [1.807, 2.05) is 24.3 Å². The summed E-state index contributed by atoms with van der Waals surface area (Å²) in [6.07, 6.45) is 7.53. The molecule has 3 fully saturated rings. The second-order valence-electron chi connectivity index (χ2n) is 15.2. The molecule has 4 aromatic rings. The predicted molar refractivity (Wildman–Crippen MR) is 206 cm³/mol. The van der Waals surface area contributed by atoms with E-state index in [-0.39, 0.29) is 29.6 Å². The number of carbonyl (C=O) groups excluding carboxylic acids is 1. The van der Waals surface area contributed by atoms with Gasteiger partial charge in [0.2, 0.25) is 5.91 Å². The highest BCUT2D eigenvalue weighted by Gasteiger charge is 2.34. The minimum Gasteiger partial charge on any atom is -0.395 e. The van der Waals surface area contributed by atoms with Gasteiger partial charge in [-0.2, -0.15) is 0 Å². The number of hydrogen-bond acceptors (Lipinski definition) is 9. The molecule has 0 bridgehead atoms. The van der Waals surface area contributed by atoms with Crippen LogP contribution in [0.5, 0.6) is 0 Å². The van der Waals surface area contributed by atoms with Crippen molar-refractivity contribution >= 4 is 22.8 Å². The maximum absolute atomic E-state index is 14.6. The number of pyridine rings is 1. The fourth-order valence-electron chi connectivity index (χ4n) is 8.73. The number of piperidine rings is 1. The van der Waals surface area contributed by atoms with Crippen LogP contribution in [0.25, 0.3) is 27.8 Å². The van der Waals surface area contributed by atoms with Crippen LogP contribution in [0.4, 0.5) is 4.39 Å². The first-order valence-electron chi connectivity index (χ1n) is 19.5. The van der Waals surface area contributed by atoms with Crippen molar-refractivity contribution in [2.24, 2.45) is 4.99 Å². The third-order valence-electron chi connectivity index (χ3n) is 11.6. The molecule has 1 amide bonds. The number of hydrogen-bond donors (Lipinski definition) is 2. The SMILES string of the molecule is O=C(NC1CCC(n2c(=O)c3cc(F)cnc3n(-c3cccc(-c4ccc(CN5CCCN(CCO)CC5)cc4)c3)c2=O)CC1)C1CN2CCCCC2=N1. The summed E-state index contributed by atoms with van der Waals surface area (Å²) in [5.41, 5.74) is 2.67. The first-order valence-corrected chi connectivity index (χ1v) is 19.5. The Hall–Kier alpha value is -4.72. The molecule has 0 spiro atoms. The Morgan fingerprint density at radius 3 is 2.48 bits per heavy atom. The topological polar surface area (TPSA) is 128 Å². The van der Waals surface area contributed by atoms with Gasteiger partial charge in [-0.3, -0.25) is 28.9 Å². The van der Waals surface area contributed by atoms with Crippen LogP contribution in [0.1, 0.15) is 63.0 Å². The van der Waals surface area contributed by atoms with Gasteiger partial charge in [0.1, 0.15) is 17.7 Å². The number of β-amino-alcohol motifs (C(OH)–C–C–N with tert-alkyl or cyclic N) is 1. The number of aliphatic imine (C=N–C) groups is 1. The van der Waals surface area contributed by atoms with Crippen LogP contribution >= 0.6 is 0 Å². The maximum atomic E-state index is 14.6. The number of aliphatic hydroxyl groups is 1. The zero-order chi connectivity index (χ0) is 37.2. The van der Waals surface area contributed by atoms with E-state index < -0.39 is 29.1 Å². The molecular formula is C41H49FN8O4. The Bertz CT molecular complexity index is 2140. The molecule has 12 nitrogen and oxygen atoms in total.